The third-order valence-electron chi connectivity index (χ3n) is 4.49. The van der Waals surface area contributed by atoms with Crippen LogP contribution in [0.4, 0.5) is 10.5 Å². The van der Waals surface area contributed by atoms with Gasteiger partial charge in [-0.1, -0.05) is 12.5 Å². The molecule has 1 aliphatic carbocycles. The van der Waals surface area contributed by atoms with E-state index in [4.69, 9.17) is 0 Å². The first-order valence-electron chi connectivity index (χ1n) is 7.57. The van der Waals surface area contributed by atoms with Crippen LogP contribution in [0.5, 0.6) is 0 Å². The number of nitrogens with one attached hydrogen (secondary N) is 1. The molecular formula is C16H20N2O3. The molecule has 0 aromatic heterocycles. The first-order valence-corrected chi connectivity index (χ1v) is 7.57. The van der Waals surface area contributed by atoms with E-state index < -0.39 is 5.97 Å². The molecule has 0 radical (unpaired) electrons. The van der Waals surface area contributed by atoms with Crippen molar-refractivity contribution in [2.45, 2.75) is 32.1 Å². The summed E-state index contributed by atoms with van der Waals surface area (Å²) >= 11 is 0. The zero-order chi connectivity index (χ0) is 14.8. The average molecular weight is 288 g/mol. The number of carboxylic acids is 1. The molecule has 1 aliphatic heterocycles. The number of hydrogen-bond donors (Lipinski definition) is 2. The van der Waals surface area contributed by atoms with E-state index >= 15 is 0 Å². The molecule has 1 aromatic carbocycles. The summed E-state index contributed by atoms with van der Waals surface area (Å²) in [4.78, 5) is 25.3. The zero-order valence-corrected chi connectivity index (χ0v) is 12.0. The number of carboxylic acid groups (broad SMARTS) is 1. The summed E-state index contributed by atoms with van der Waals surface area (Å²) in [6, 6.07) is 5.05. The number of hydrogen-bond acceptors (Lipinski definition) is 2. The highest BCUT2D eigenvalue weighted by Crippen LogP contribution is 2.30. The molecule has 21 heavy (non-hydrogen) atoms. The van der Waals surface area contributed by atoms with Crippen molar-refractivity contribution in [1.29, 1.82) is 0 Å². The Morgan fingerprint density at radius 3 is 2.76 bits per heavy atom. The molecule has 0 unspecified atom stereocenters. The highest BCUT2D eigenvalue weighted by Gasteiger charge is 2.26. The van der Waals surface area contributed by atoms with Crippen LogP contribution in [0.15, 0.2) is 18.2 Å². The minimum atomic E-state index is -0.927. The van der Waals surface area contributed by atoms with E-state index in [9.17, 15) is 14.7 Å². The summed E-state index contributed by atoms with van der Waals surface area (Å²) in [6.45, 7) is 1.37. The van der Waals surface area contributed by atoms with Gasteiger partial charge in [0, 0.05) is 18.8 Å². The molecule has 2 N–H and O–H groups in total. The van der Waals surface area contributed by atoms with E-state index in [1.165, 1.54) is 19.3 Å². The lowest BCUT2D eigenvalue weighted by atomic mass is 9.85. The van der Waals surface area contributed by atoms with E-state index in [1.807, 2.05) is 6.07 Å². The molecule has 1 fully saturated rings. The van der Waals surface area contributed by atoms with Crippen molar-refractivity contribution in [3.8, 4) is 0 Å². The molecule has 1 heterocycles. The van der Waals surface area contributed by atoms with E-state index in [-0.39, 0.29) is 6.03 Å². The lowest BCUT2D eigenvalue weighted by Gasteiger charge is -2.32. The number of rotatable bonds is 3. The number of carbonyl (C=O) groups excluding carboxylic acids is 1. The number of urea groups is 1. The summed E-state index contributed by atoms with van der Waals surface area (Å²) in [6.07, 6.45) is 5.16. The van der Waals surface area contributed by atoms with Gasteiger partial charge in [-0.15, -0.1) is 0 Å². The standard InChI is InChI=1S/C16H20N2O3/c19-15(20)13-6-2-8-14-12(13)7-3-9-18(14)16(21)17-10-11-4-1-5-11/h2,6,8,11H,1,3-5,7,9-10H2,(H,17,21)(H,19,20). The molecular weight excluding hydrogens is 268 g/mol. The maximum absolute atomic E-state index is 12.4. The fourth-order valence-corrected chi connectivity index (χ4v) is 3.06. The Morgan fingerprint density at radius 1 is 1.29 bits per heavy atom. The summed E-state index contributed by atoms with van der Waals surface area (Å²) in [5.74, 6) is -0.313. The van der Waals surface area contributed by atoms with Gasteiger partial charge in [0.05, 0.1) is 5.56 Å². The van der Waals surface area contributed by atoms with Gasteiger partial charge < -0.3 is 10.4 Å². The minimum Gasteiger partial charge on any atom is -0.478 e. The molecule has 2 aliphatic rings. The van der Waals surface area contributed by atoms with Crippen molar-refractivity contribution in [1.82, 2.24) is 5.32 Å². The van der Waals surface area contributed by atoms with Gasteiger partial charge in [0.2, 0.25) is 0 Å². The Bertz CT molecular complexity index is 567. The van der Waals surface area contributed by atoms with Crippen molar-refractivity contribution in [3.63, 3.8) is 0 Å². The third kappa shape index (κ3) is 2.73. The topological polar surface area (TPSA) is 69.6 Å². The number of anilines is 1. The Morgan fingerprint density at radius 2 is 2.10 bits per heavy atom. The molecule has 0 bridgehead atoms. The maximum atomic E-state index is 12.4. The molecule has 0 atom stereocenters. The van der Waals surface area contributed by atoms with E-state index in [0.717, 1.165) is 24.2 Å². The van der Waals surface area contributed by atoms with Crippen LogP contribution in [-0.2, 0) is 6.42 Å². The van der Waals surface area contributed by atoms with E-state index in [1.54, 1.807) is 17.0 Å². The smallest absolute Gasteiger partial charge is 0.336 e. The number of amides is 2. The Kier molecular flexibility index (Phi) is 3.82. The van der Waals surface area contributed by atoms with Gasteiger partial charge in [-0.25, -0.2) is 9.59 Å². The second-order valence-corrected chi connectivity index (χ2v) is 5.85. The molecule has 1 saturated carbocycles. The van der Waals surface area contributed by atoms with Gasteiger partial charge in [0.1, 0.15) is 0 Å². The molecule has 0 spiro atoms. The van der Waals surface area contributed by atoms with Crippen molar-refractivity contribution in [2.75, 3.05) is 18.0 Å². The van der Waals surface area contributed by atoms with Crippen LogP contribution in [0.1, 0.15) is 41.6 Å². The highest BCUT2D eigenvalue weighted by atomic mass is 16.4. The van der Waals surface area contributed by atoms with Gasteiger partial charge >= 0.3 is 12.0 Å². The number of fused-ring (bicyclic) bond motifs is 1. The monoisotopic (exact) mass is 288 g/mol. The van der Waals surface area contributed by atoms with Crippen LogP contribution in [0.2, 0.25) is 0 Å². The molecule has 1 aromatic rings. The van der Waals surface area contributed by atoms with Crippen molar-refractivity contribution >= 4 is 17.7 Å². The Hall–Kier alpha value is -2.04. The second kappa shape index (κ2) is 5.76. The fraction of sp³-hybridized carbons (Fsp3) is 0.500. The predicted octanol–water partition coefficient (Wildman–Crippen LogP) is 2.65. The van der Waals surface area contributed by atoms with Gasteiger partial charge in [0.25, 0.3) is 0 Å². The molecule has 5 heteroatoms. The Balaban J connectivity index is 1.77. The molecule has 2 amide bonds. The van der Waals surface area contributed by atoms with Crippen LogP contribution in [0.25, 0.3) is 0 Å². The highest BCUT2D eigenvalue weighted by molar-refractivity contribution is 5.97. The quantitative estimate of drug-likeness (QED) is 0.898. The Labute approximate surface area is 123 Å². The molecule has 5 nitrogen and oxygen atoms in total. The summed E-state index contributed by atoms with van der Waals surface area (Å²) in [7, 11) is 0. The normalized spacial score (nSPS) is 17.8. The van der Waals surface area contributed by atoms with Gasteiger partial charge in [0.15, 0.2) is 0 Å². The van der Waals surface area contributed by atoms with Crippen molar-refractivity contribution in [3.05, 3.63) is 29.3 Å². The van der Waals surface area contributed by atoms with Crippen LogP contribution < -0.4 is 10.2 Å². The largest absolute Gasteiger partial charge is 0.478 e. The number of carbonyl (C=O) groups is 2. The molecule has 0 saturated heterocycles. The van der Waals surface area contributed by atoms with Crippen molar-refractivity contribution < 1.29 is 14.7 Å². The second-order valence-electron chi connectivity index (χ2n) is 5.85. The molecule has 112 valence electrons. The first kappa shape index (κ1) is 13.9. The summed E-state index contributed by atoms with van der Waals surface area (Å²) in [5.41, 5.74) is 1.83. The van der Waals surface area contributed by atoms with Crippen LogP contribution in [0, 0.1) is 5.92 Å². The van der Waals surface area contributed by atoms with Crippen LogP contribution in [-0.4, -0.2) is 30.2 Å². The fourth-order valence-electron chi connectivity index (χ4n) is 3.06. The average Bonchev–Trinajstić information content (AvgIpc) is 2.44. The van der Waals surface area contributed by atoms with Crippen molar-refractivity contribution in [2.24, 2.45) is 5.92 Å². The SMILES string of the molecule is O=C(O)c1cccc2c1CCCN2C(=O)NCC1CCC1. The van der Waals surface area contributed by atoms with Gasteiger partial charge in [-0.2, -0.15) is 0 Å². The minimum absolute atomic E-state index is 0.106. The molecule has 3 rings (SSSR count). The van der Waals surface area contributed by atoms with Gasteiger partial charge in [-0.05, 0) is 49.3 Å². The number of aromatic carboxylic acids is 1. The summed E-state index contributed by atoms with van der Waals surface area (Å²) in [5, 5.41) is 12.2. The third-order valence-corrected chi connectivity index (χ3v) is 4.49. The summed E-state index contributed by atoms with van der Waals surface area (Å²) < 4.78 is 0. The predicted molar refractivity (Wildman–Crippen MR) is 79.8 cm³/mol. The van der Waals surface area contributed by atoms with Gasteiger partial charge in [-0.3, -0.25) is 4.90 Å². The van der Waals surface area contributed by atoms with Crippen LogP contribution >= 0.6 is 0 Å². The lowest BCUT2D eigenvalue weighted by molar-refractivity contribution is 0.0695. The number of nitrogens with zero attached hydrogens (tertiary/aromatic N) is 1. The lowest BCUT2D eigenvalue weighted by Crippen LogP contribution is -2.45. The number of benzene rings is 1. The first-order chi connectivity index (χ1) is 10.2. The van der Waals surface area contributed by atoms with Crippen LogP contribution in [0.3, 0.4) is 0 Å². The zero-order valence-electron chi connectivity index (χ0n) is 12.0. The van der Waals surface area contributed by atoms with E-state index in [0.29, 0.717) is 24.4 Å². The maximum Gasteiger partial charge on any atom is 0.336 e. The van der Waals surface area contributed by atoms with E-state index in [2.05, 4.69) is 5.32 Å².